The van der Waals surface area contributed by atoms with E-state index in [4.69, 9.17) is 9.88 Å². The molecule has 6 heteroatoms. The first-order chi connectivity index (χ1) is 8.28. The molecule has 0 saturated heterocycles. The highest BCUT2D eigenvalue weighted by Gasteiger charge is 2.11. The summed E-state index contributed by atoms with van der Waals surface area (Å²) in [6.45, 7) is 6.54. The first-order valence-electron chi connectivity index (χ1n) is 5.80. The predicted molar refractivity (Wildman–Crippen MR) is 71.4 cm³/mol. The summed E-state index contributed by atoms with van der Waals surface area (Å²) in [5, 5.41) is 4.92. The topological polar surface area (TPSA) is 81.4 Å². The number of nitrogens with two attached hydrogens (primary N) is 1. The molecular formula is C12H20N2O3S. The number of rotatable bonds is 6. The van der Waals surface area contributed by atoms with Crippen molar-refractivity contribution in [3.05, 3.63) is 29.8 Å². The fourth-order valence-corrected chi connectivity index (χ4v) is 2.06. The highest BCUT2D eigenvalue weighted by Crippen LogP contribution is 2.18. The highest BCUT2D eigenvalue weighted by molar-refractivity contribution is 7.87. The molecule has 0 aliphatic rings. The number of hydrogen-bond donors (Lipinski definition) is 2. The second-order valence-electron chi connectivity index (χ2n) is 4.66. The van der Waals surface area contributed by atoms with Crippen LogP contribution in [0.15, 0.2) is 24.3 Å². The van der Waals surface area contributed by atoms with E-state index < -0.39 is 10.2 Å². The Kier molecular flexibility index (Phi) is 5.13. The number of nitrogens with one attached hydrogen (secondary N) is 1. The first-order valence-corrected chi connectivity index (χ1v) is 7.35. The molecule has 5 nitrogen and oxygen atoms in total. The molecule has 0 radical (unpaired) electrons. The van der Waals surface area contributed by atoms with Crippen molar-refractivity contribution in [1.29, 1.82) is 0 Å². The molecule has 0 aliphatic heterocycles. The van der Waals surface area contributed by atoms with Gasteiger partial charge < -0.3 is 4.74 Å². The van der Waals surface area contributed by atoms with Crippen LogP contribution < -0.4 is 14.6 Å². The van der Waals surface area contributed by atoms with E-state index in [1.54, 1.807) is 6.92 Å². The average molecular weight is 272 g/mol. The monoisotopic (exact) mass is 272 g/mol. The van der Waals surface area contributed by atoms with Gasteiger partial charge in [0.1, 0.15) is 5.75 Å². The van der Waals surface area contributed by atoms with Gasteiger partial charge in [0.25, 0.3) is 10.2 Å². The predicted octanol–water partition coefficient (Wildman–Crippen LogP) is 1.58. The Bertz CT molecular complexity index is 469. The lowest BCUT2D eigenvalue weighted by Gasteiger charge is -2.13. The van der Waals surface area contributed by atoms with Crippen LogP contribution >= 0.6 is 0 Å². The summed E-state index contributed by atoms with van der Waals surface area (Å²) in [5.74, 6) is 1.24. The quantitative estimate of drug-likeness (QED) is 0.825. The van der Waals surface area contributed by atoms with Crippen molar-refractivity contribution in [2.45, 2.75) is 26.8 Å². The van der Waals surface area contributed by atoms with Gasteiger partial charge in [0.15, 0.2) is 0 Å². The van der Waals surface area contributed by atoms with Gasteiger partial charge in [-0.05, 0) is 30.5 Å². The molecule has 0 fully saturated rings. The Morgan fingerprint density at radius 2 is 1.78 bits per heavy atom. The van der Waals surface area contributed by atoms with Gasteiger partial charge in [-0.15, -0.1) is 0 Å². The second-order valence-corrected chi connectivity index (χ2v) is 5.98. The molecule has 1 aromatic rings. The standard InChI is InChI=1S/C12H20N2O3S/c1-9(2)8-17-12-6-4-11(5-7-12)10(3)14-18(13,15)16/h4-7,9-10,14H,8H2,1-3H3,(H2,13,15,16)/t10-/m1/s1. The van der Waals surface area contributed by atoms with Crippen molar-refractivity contribution in [3.63, 3.8) is 0 Å². The van der Waals surface area contributed by atoms with E-state index in [1.165, 1.54) is 0 Å². The lowest BCUT2D eigenvalue weighted by Crippen LogP contribution is -2.32. The molecule has 0 heterocycles. The smallest absolute Gasteiger partial charge is 0.274 e. The van der Waals surface area contributed by atoms with Gasteiger partial charge in [0.05, 0.1) is 6.61 Å². The Hall–Kier alpha value is -1.11. The van der Waals surface area contributed by atoms with E-state index in [0.717, 1.165) is 11.3 Å². The lowest BCUT2D eigenvalue weighted by molar-refractivity contribution is 0.271. The zero-order chi connectivity index (χ0) is 13.8. The van der Waals surface area contributed by atoms with Gasteiger partial charge in [-0.25, -0.2) is 5.14 Å². The summed E-state index contributed by atoms with van der Waals surface area (Å²) in [5.41, 5.74) is 0.834. The van der Waals surface area contributed by atoms with Crippen molar-refractivity contribution in [2.75, 3.05) is 6.61 Å². The Morgan fingerprint density at radius 3 is 2.22 bits per heavy atom. The molecule has 0 bridgehead atoms. The minimum absolute atomic E-state index is 0.362. The van der Waals surface area contributed by atoms with Gasteiger partial charge in [-0.1, -0.05) is 26.0 Å². The third-order valence-electron chi connectivity index (χ3n) is 2.30. The largest absolute Gasteiger partial charge is 0.493 e. The molecule has 0 aromatic heterocycles. The second kappa shape index (κ2) is 6.17. The van der Waals surface area contributed by atoms with Gasteiger partial charge in [0, 0.05) is 6.04 Å². The molecule has 102 valence electrons. The van der Waals surface area contributed by atoms with Crippen molar-refractivity contribution < 1.29 is 13.2 Å². The zero-order valence-electron chi connectivity index (χ0n) is 10.9. The Morgan fingerprint density at radius 1 is 1.22 bits per heavy atom. The molecule has 1 rings (SSSR count). The van der Waals surface area contributed by atoms with E-state index in [9.17, 15) is 8.42 Å². The van der Waals surface area contributed by atoms with Crippen LogP contribution in [0.3, 0.4) is 0 Å². The van der Waals surface area contributed by atoms with Crippen molar-refractivity contribution >= 4 is 10.2 Å². The molecule has 1 atom stereocenters. The van der Waals surface area contributed by atoms with Crippen LogP contribution in [-0.2, 0) is 10.2 Å². The summed E-state index contributed by atoms with van der Waals surface area (Å²) >= 11 is 0. The van der Waals surface area contributed by atoms with E-state index in [0.29, 0.717) is 12.5 Å². The third-order valence-corrected chi connectivity index (χ3v) is 2.99. The van der Waals surface area contributed by atoms with Gasteiger partial charge in [-0.2, -0.15) is 13.1 Å². The summed E-state index contributed by atoms with van der Waals surface area (Å²) in [6.07, 6.45) is 0. The Labute approximate surface area is 109 Å². The first kappa shape index (κ1) is 14.9. The molecule has 18 heavy (non-hydrogen) atoms. The number of hydrogen-bond acceptors (Lipinski definition) is 3. The van der Waals surface area contributed by atoms with Crippen LogP contribution in [0.4, 0.5) is 0 Å². The van der Waals surface area contributed by atoms with Crippen molar-refractivity contribution in [2.24, 2.45) is 11.1 Å². The maximum atomic E-state index is 10.9. The van der Waals surface area contributed by atoms with Gasteiger partial charge >= 0.3 is 0 Å². The van der Waals surface area contributed by atoms with Gasteiger partial charge in [0.2, 0.25) is 0 Å². The molecule has 0 spiro atoms. The number of ether oxygens (including phenoxy) is 1. The summed E-state index contributed by atoms with van der Waals surface area (Å²) in [4.78, 5) is 0. The van der Waals surface area contributed by atoms with Crippen molar-refractivity contribution in [1.82, 2.24) is 4.72 Å². The minimum Gasteiger partial charge on any atom is -0.493 e. The molecule has 0 amide bonds. The summed E-state index contributed by atoms with van der Waals surface area (Å²) in [6, 6.07) is 6.91. The summed E-state index contributed by atoms with van der Waals surface area (Å²) in [7, 11) is -3.68. The van der Waals surface area contributed by atoms with E-state index in [2.05, 4.69) is 18.6 Å². The maximum absolute atomic E-state index is 10.9. The van der Waals surface area contributed by atoms with Crippen molar-refractivity contribution in [3.8, 4) is 5.75 Å². The van der Waals surface area contributed by atoms with E-state index in [1.807, 2.05) is 24.3 Å². The third kappa shape index (κ3) is 5.48. The van der Waals surface area contributed by atoms with E-state index in [-0.39, 0.29) is 6.04 Å². The molecule has 0 saturated carbocycles. The van der Waals surface area contributed by atoms with Crippen LogP contribution in [-0.4, -0.2) is 15.0 Å². The molecule has 3 N–H and O–H groups in total. The number of benzene rings is 1. The van der Waals surface area contributed by atoms with Gasteiger partial charge in [-0.3, -0.25) is 0 Å². The molecule has 1 aromatic carbocycles. The van der Waals surface area contributed by atoms with E-state index >= 15 is 0 Å². The molecule has 0 aliphatic carbocycles. The highest BCUT2D eigenvalue weighted by atomic mass is 32.2. The molecule has 0 unspecified atom stereocenters. The fourth-order valence-electron chi connectivity index (χ4n) is 1.43. The average Bonchev–Trinajstić information content (AvgIpc) is 2.24. The fraction of sp³-hybridized carbons (Fsp3) is 0.500. The maximum Gasteiger partial charge on any atom is 0.274 e. The minimum atomic E-state index is -3.68. The molecular weight excluding hydrogens is 252 g/mol. The normalized spacial score (nSPS) is 13.6. The SMILES string of the molecule is CC(C)COc1ccc([C@@H](C)NS(N)(=O)=O)cc1. The zero-order valence-corrected chi connectivity index (χ0v) is 11.7. The Balaban J connectivity index is 2.65. The van der Waals surface area contributed by atoms with Crippen LogP contribution in [0.1, 0.15) is 32.4 Å². The van der Waals surface area contributed by atoms with Crippen LogP contribution in [0.2, 0.25) is 0 Å². The lowest BCUT2D eigenvalue weighted by atomic mass is 10.1. The summed E-state index contributed by atoms with van der Waals surface area (Å²) < 4.78 is 29.7. The van der Waals surface area contributed by atoms with Crippen LogP contribution in [0.5, 0.6) is 5.75 Å². The van der Waals surface area contributed by atoms with Crippen LogP contribution in [0, 0.1) is 5.92 Å². The van der Waals surface area contributed by atoms with Crippen LogP contribution in [0.25, 0.3) is 0 Å².